The highest BCUT2D eigenvalue weighted by atomic mass is 35.5. The molecule has 0 aliphatic heterocycles. The standard InChI is InChI=1S/C23H21Cl/c1-17-15-19(16-24)11-12-20(17)13-14-21-9-6-10-23(18(21)2)22-7-4-3-5-8-22/h3-15H,16H2,1-2H3/b14-13+. The largest absolute Gasteiger partial charge is 0.122 e. The van der Waals surface area contributed by atoms with Gasteiger partial charge in [0, 0.05) is 5.88 Å². The van der Waals surface area contributed by atoms with Crippen LogP contribution in [0.3, 0.4) is 0 Å². The monoisotopic (exact) mass is 332 g/mol. The maximum absolute atomic E-state index is 5.90. The second kappa shape index (κ2) is 7.51. The summed E-state index contributed by atoms with van der Waals surface area (Å²) >= 11 is 5.90. The molecule has 0 aromatic heterocycles. The molecule has 0 spiro atoms. The third-order valence-corrected chi connectivity index (χ3v) is 4.70. The molecule has 0 radical (unpaired) electrons. The number of hydrogen-bond acceptors (Lipinski definition) is 0. The Bertz CT molecular complexity index is 860. The SMILES string of the molecule is Cc1cc(CCl)ccc1/C=C/c1cccc(-c2ccccc2)c1C. The quantitative estimate of drug-likeness (QED) is 0.361. The molecule has 0 heterocycles. The lowest BCUT2D eigenvalue weighted by Crippen LogP contribution is -1.88. The van der Waals surface area contributed by atoms with Crippen molar-refractivity contribution in [2.24, 2.45) is 0 Å². The van der Waals surface area contributed by atoms with E-state index in [0.717, 1.165) is 5.56 Å². The van der Waals surface area contributed by atoms with Crippen LogP contribution in [0.5, 0.6) is 0 Å². The van der Waals surface area contributed by atoms with Crippen LogP contribution in [0.25, 0.3) is 23.3 Å². The second-order valence-corrected chi connectivity index (χ2v) is 6.31. The van der Waals surface area contributed by atoms with E-state index in [9.17, 15) is 0 Å². The Kier molecular flexibility index (Phi) is 5.17. The molecule has 0 amide bonds. The van der Waals surface area contributed by atoms with Crippen molar-refractivity contribution in [3.63, 3.8) is 0 Å². The normalized spacial score (nSPS) is 11.1. The lowest BCUT2D eigenvalue weighted by molar-refractivity contribution is 1.33. The topological polar surface area (TPSA) is 0 Å². The van der Waals surface area contributed by atoms with Crippen molar-refractivity contribution in [1.29, 1.82) is 0 Å². The van der Waals surface area contributed by atoms with E-state index in [1.165, 1.54) is 33.4 Å². The Hall–Kier alpha value is -2.31. The summed E-state index contributed by atoms with van der Waals surface area (Å²) in [7, 11) is 0. The molecular weight excluding hydrogens is 312 g/mol. The van der Waals surface area contributed by atoms with E-state index in [2.05, 4.69) is 92.7 Å². The summed E-state index contributed by atoms with van der Waals surface area (Å²) in [6, 6.07) is 23.4. The summed E-state index contributed by atoms with van der Waals surface area (Å²) in [4.78, 5) is 0. The summed E-state index contributed by atoms with van der Waals surface area (Å²) in [5.74, 6) is 0.559. The first-order valence-electron chi connectivity index (χ1n) is 8.17. The zero-order valence-electron chi connectivity index (χ0n) is 14.1. The first-order valence-corrected chi connectivity index (χ1v) is 8.71. The number of aryl methyl sites for hydroxylation is 1. The fourth-order valence-electron chi connectivity index (χ4n) is 2.95. The summed E-state index contributed by atoms with van der Waals surface area (Å²) < 4.78 is 0. The average Bonchev–Trinajstić information content (AvgIpc) is 2.62. The van der Waals surface area contributed by atoms with Gasteiger partial charge in [0.1, 0.15) is 0 Å². The molecule has 120 valence electrons. The zero-order valence-corrected chi connectivity index (χ0v) is 14.8. The van der Waals surface area contributed by atoms with Crippen molar-refractivity contribution in [3.8, 4) is 11.1 Å². The molecule has 0 N–H and O–H groups in total. The van der Waals surface area contributed by atoms with E-state index in [1.807, 2.05) is 0 Å². The number of rotatable bonds is 4. The van der Waals surface area contributed by atoms with E-state index in [4.69, 9.17) is 11.6 Å². The maximum atomic E-state index is 5.90. The highest BCUT2D eigenvalue weighted by Gasteiger charge is 2.04. The third kappa shape index (κ3) is 3.60. The number of alkyl halides is 1. The van der Waals surface area contributed by atoms with Crippen LogP contribution in [0.4, 0.5) is 0 Å². The maximum Gasteiger partial charge on any atom is 0.0474 e. The molecule has 0 atom stereocenters. The van der Waals surface area contributed by atoms with Gasteiger partial charge in [-0.25, -0.2) is 0 Å². The molecule has 3 aromatic rings. The van der Waals surface area contributed by atoms with Crippen molar-refractivity contribution in [1.82, 2.24) is 0 Å². The predicted molar refractivity (Wildman–Crippen MR) is 106 cm³/mol. The molecule has 1 heteroatoms. The van der Waals surface area contributed by atoms with Crippen LogP contribution in [-0.4, -0.2) is 0 Å². The van der Waals surface area contributed by atoms with Crippen LogP contribution in [-0.2, 0) is 5.88 Å². The van der Waals surface area contributed by atoms with Crippen molar-refractivity contribution >= 4 is 23.8 Å². The minimum absolute atomic E-state index is 0.559. The minimum atomic E-state index is 0.559. The van der Waals surface area contributed by atoms with Gasteiger partial charge >= 0.3 is 0 Å². The molecule has 0 saturated heterocycles. The molecule has 3 aromatic carbocycles. The predicted octanol–water partition coefficient (Wildman–Crippen LogP) is 6.88. The van der Waals surface area contributed by atoms with E-state index in [1.54, 1.807) is 0 Å². The summed E-state index contributed by atoms with van der Waals surface area (Å²) in [5.41, 5.74) is 8.73. The molecule has 24 heavy (non-hydrogen) atoms. The van der Waals surface area contributed by atoms with Gasteiger partial charge in [0.2, 0.25) is 0 Å². The second-order valence-electron chi connectivity index (χ2n) is 6.04. The molecule has 0 bridgehead atoms. The van der Waals surface area contributed by atoms with Gasteiger partial charge in [0.25, 0.3) is 0 Å². The Balaban J connectivity index is 1.94. The lowest BCUT2D eigenvalue weighted by atomic mass is 9.95. The first-order chi connectivity index (χ1) is 11.7. The Morgan fingerprint density at radius 2 is 1.54 bits per heavy atom. The van der Waals surface area contributed by atoms with Gasteiger partial charge in [-0.05, 0) is 52.8 Å². The Labute approximate surface area is 149 Å². The number of halogens is 1. The zero-order chi connectivity index (χ0) is 16.9. The number of benzene rings is 3. The smallest absolute Gasteiger partial charge is 0.0474 e. The number of hydrogen-bond donors (Lipinski definition) is 0. The van der Waals surface area contributed by atoms with E-state index < -0.39 is 0 Å². The third-order valence-electron chi connectivity index (χ3n) is 4.39. The molecule has 0 unspecified atom stereocenters. The van der Waals surface area contributed by atoms with E-state index >= 15 is 0 Å². The summed E-state index contributed by atoms with van der Waals surface area (Å²) in [5, 5.41) is 0. The van der Waals surface area contributed by atoms with Gasteiger partial charge in [0.15, 0.2) is 0 Å². The molecular formula is C23H21Cl. The molecule has 0 aliphatic carbocycles. The van der Waals surface area contributed by atoms with Crippen molar-refractivity contribution in [3.05, 3.63) is 94.5 Å². The van der Waals surface area contributed by atoms with Crippen molar-refractivity contribution < 1.29 is 0 Å². The highest BCUT2D eigenvalue weighted by molar-refractivity contribution is 6.17. The lowest BCUT2D eigenvalue weighted by Gasteiger charge is -2.09. The summed E-state index contributed by atoms with van der Waals surface area (Å²) in [6.07, 6.45) is 4.38. The molecule has 0 fully saturated rings. The molecule has 0 saturated carbocycles. The molecule has 0 nitrogen and oxygen atoms in total. The van der Waals surface area contributed by atoms with E-state index in [0.29, 0.717) is 5.88 Å². The van der Waals surface area contributed by atoms with Gasteiger partial charge in [-0.15, -0.1) is 11.6 Å². The van der Waals surface area contributed by atoms with Gasteiger partial charge in [-0.2, -0.15) is 0 Å². The fourth-order valence-corrected chi connectivity index (χ4v) is 3.12. The highest BCUT2D eigenvalue weighted by Crippen LogP contribution is 2.27. The van der Waals surface area contributed by atoms with Crippen LogP contribution < -0.4 is 0 Å². The Morgan fingerprint density at radius 3 is 2.25 bits per heavy atom. The van der Waals surface area contributed by atoms with Crippen LogP contribution >= 0.6 is 11.6 Å². The summed E-state index contributed by atoms with van der Waals surface area (Å²) in [6.45, 7) is 4.31. The van der Waals surface area contributed by atoms with E-state index in [-0.39, 0.29) is 0 Å². The Morgan fingerprint density at radius 1 is 0.792 bits per heavy atom. The average molecular weight is 333 g/mol. The van der Waals surface area contributed by atoms with Crippen molar-refractivity contribution in [2.75, 3.05) is 0 Å². The van der Waals surface area contributed by atoms with Gasteiger partial charge in [0.05, 0.1) is 0 Å². The van der Waals surface area contributed by atoms with Gasteiger partial charge in [-0.3, -0.25) is 0 Å². The van der Waals surface area contributed by atoms with Gasteiger partial charge < -0.3 is 0 Å². The molecule has 3 rings (SSSR count). The van der Waals surface area contributed by atoms with Crippen molar-refractivity contribution in [2.45, 2.75) is 19.7 Å². The minimum Gasteiger partial charge on any atom is -0.122 e. The fraction of sp³-hybridized carbons (Fsp3) is 0.130. The van der Waals surface area contributed by atoms with Crippen LogP contribution in [0.2, 0.25) is 0 Å². The van der Waals surface area contributed by atoms with Crippen LogP contribution in [0.15, 0.2) is 66.7 Å². The van der Waals surface area contributed by atoms with Crippen LogP contribution in [0.1, 0.15) is 27.8 Å². The van der Waals surface area contributed by atoms with Crippen LogP contribution in [0, 0.1) is 13.8 Å². The van der Waals surface area contributed by atoms with Gasteiger partial charge in [-0.1, -0.05) is 78.9 Å². The molecule has 0 aliphatic rings. The first kappa shape index (κ1) is 16.5.